The van der Waals surface area contributed by atoms with Crippen LogP contribution in [0.2, 0.25) is 0 Å². The Morgan fingerprint density at radius 3 is 2.24 bits per heavy atom. The summed E-state index contributed by atoms with van der Waals surface area (Å²) in [5.74, 6) is 1.76. The third kappa shape index (κ3) is 11.2. The third-order valence-corrected chi connectivity index (χ3v) is 6.78. The number of para-hydroxylation sites is 1. The van der Waals surface area contributed by atoms with Crippen molar-refractivity contribution in [1.29, 1.82) is 0 Å². The summed E-state index contributed by atoms with van der Waals surface area (Å²) in [6, 6.07) is 8.36. The normalized spacial score (nSPS) is 12.1. The number of hydrogen-bond donors (Lipinski definition) is 0. The Balaban J connectivity index is 1.79. The molecule has 0 radical (unpaired) electrons. The molecule has 1 heterocycles. The molecular formula is C30H48N2O. The molecule has 1 aromatic heterocycles. The standard InChI is InChI=1S/C30H48N2O/c1-4-6-7-8-9-10-11-12-13-14-20-27-24-31-25-32-30(27)28-21-15-16-22-29(28)33-23-18-17-19-26(3)5-2/h15-16,21-22,24-26H,4-14,17-20,23H2,1-3H3. The highest BCUT2D eigenvalue weighted by Crippen LogP contribution is 2.31. The average molecular weight is 453 g/mol. The first kappa shape index (κ1) is 27.3. The van der Waals surface area contributed by atoms with Crippen molar-refractivity contribution in [3.63, 3.8) is 0 Å². The SMILES string of the molecule is CCCCCCCCCCCCc1cncnc1-c1ccccc1OCCCCC(C)CC. The van der Waals surface area contributed by atoms with Crippen LogP contribution < -0.4 is 4.74 Å². The second-order valence-electron chi connectivity index (χ2n) is 9.68. The maximum atomic E-state index is 6.21. The summed E-state index contributed by atoms with van der Waals surface area (Å²) in [5.41, 5.74) is 3.38. The zero-order chi connectivity index (χ0) is 23.6. The van der Waals surface area contributed by atoms with E-state index in [2.05, 4.69) is 55.0 Å². The minimum Gasteiger partial charge on any atom is -0.493 e. The molecular weight excluding hydrogens is 404 g/mol. The summed E-state index contributed by atoms with van der Waals surface area (Å²) < 4.78 is 6.21. The largest absolute Gasteiger partial charge is 0.493 e. The van der Waals surface area contributed by atoms with Crippen LogP contribution in [0.25, 0.3) is 11.3 Å². The molecule has 0 fully saturated rings. The van der Waals surface area contributed by atoms with Crippen molar-refractivity contribution in [1.82, 2.24) is 9.97 Å². The zero-order valence-electron chi connectivity index (χ0n) is 21.7. The van der Waals surface area contributed by atoms with Gasteiger partial charge in [0.1, 0.15) is 12.1 Å². The van der Waals surface area contributed by atoms with E-state index in [1.165, 1.54) is 89.0 Å². The van der Waals surface area contributed by atoms with Crippen molar-refractivity contribution in [3.8, 4) is 17.0 Å². The minimum absolute atomic E-state index is 0.770. The molecule has 0 aliphatic carbocycles. The van der Waals surface area contributed by atoms with E-state index in [4.69, 9.17) is 4.74 Å². The number of unbranched alkanes of at least 4 members (excludes halogenated alkanes) is 10. The molecule has 3 nitrogen and oxygen atoms in total. The van der Waals surface area contributed by atoms with Crippen LogP contribution in [0.4, 0.5) is 0 Å². The molecule has 1 atom stereocenters. The summed E-state index contributed by atoms with van der Waals surface area (Å²) in [4.78, 5) is 8.98. The van der Waals surface area contributed by atoms with Crippen LogP contribution in [0.3, 0.4) is 0 Å². The van der Waals surface area contributed by atoms with Gasteiger partial charge in [0.15, 0.2) is 0 Å². The third-order valence-electron chi connectivity index (χ3n) is 6.78. The summed E-state index contributed by atoms with van der Waals surface area (Å²) in [5, 5.41) is 0. The van der Waals surface area contributed by atoms with E-state index >= 15 is 0 Å². The quantitative estimate of drug-likeness (QED) is 0.199. The highest BCUT2D eigenvalue weighted by Gasteiger charge is 2.12. The van der Waals surface area contributed by atoms with Gasteiger partial charge in [-0.2, -0.15) is 0 Å². The summed E-state index contributed by atoms with van der Waals surface area (Å²) in [7, 11) is 0. The van der Waals surface area contributed by atoms with Crippen molar-refractivity contribution in [2.24, 2.45) is 5.92 Å². The van der Waals surface area contributed by atoms with E-state index in [1.54, 1.807) is 6.33 Å². The molecule has 1 unspecified atom stereocenters. The molecule has 2 rings (SSSR count). The monoisotopic (exact) mass is 452 g/mol. The zero-order valence-corrected chi connectivity index (χ0v) is 21.7. The van der Waals surface area contributed by atoms with Gasteiger partial charge >= 0.3 is 0 Å². The van der Waals surface area contributed by atoms with Gasteiger partial charge in [0.25, 0.3) is 0 Å². The average Bonchev–Trinajstić information content (AvgIpc) is 2.85. The molecule has 0 bridgehead atoms. The first-order chi connectivity index (χ1) is 16.3. The number of benzene rings is 1. The Hall–Kier alpha value is -1.90. The smallest absolute Gasteiger partial charge is 0.128 e. The fourth-order valence-electron chi connectivity index (χ4n) is 4.36. The van der Waals surface area contributed by atoms with Crippen LogP contribution in [0.5, 0.6) is 5.75 Å². The van der Waals surface area contributed by atoms with Gasteiger partial charge in [-0.05, 0) is 49.3 Å². The van der Waals surface area contributed by atoms with Crippen molar-refractivity contribution in [2.75, 3.05) is 6.61 Å². The second-order valence-corrected chi connectivity index (χ2v) is 9.68. The van der Waals surface area contributed by atoms with E-state index < -0.39 is 0 Å². The molecule has 184 valence electrons. The van der Waals surface area contributed by atoms with Crippen LogP contribution in [0, 0.1) is 5.92 Å². The predicted octanol–water partition coefficient (Wildman–Crippen LogP) is 9.20. The van der Waals surface area contributed by atoms with E-state index in [0.717, 1.165) is 42.4 Å². The first-order valence-electron chi connectivity index (χ1n) is 13.8. The van der Waals surface area contributed by atoms with Gasteiger partial charge in [-0.15, -0.1) is 0 Å². The van der Waals surface area contributed by atoms with Crippen LogP contribution in [-0.2, 0) is 6.42 Å². The molecule has 1 aromatic carbocycles. The molecule has 0 aliphatic rings. The molecule has 33 heavy (non-hydrogen) atoms. The highest BCUT2D eigenvalue weighted by molar-refractivity contribution is 5.69. The van der Waals surface area contributed by atoms with Crippen LogP contribution >= 0.6 is 0 Å². The summed E-state index contributed by atoms with van der Waals surface area (Å²) in [6.07, 6.45) is 23.2. The number of aromatic nitrogens is 2. The number of rotatable bonds is 19. The maximum absolute atomic E-state index is 6.21. The van der Waals surface area contributed by atoms with Gasteiger partial charge in [0.05, 0.1) is 12.3 Å². The lowest BCUT2D eigenvalue weighted by Gasteiger charge is -2.14. The topological polar surface area (TPSA) is 35.0 Å². The molecule has 0 aliphatic heterocycles. The Labute approximate surface area is 203 Å². The fourth-order valence-corrected chi connectivity index (χ4v) is 4.36. The van der Waals surface area contributed by atoms with Gasteiger partial charge < -0.3 is 4.74 Å². The second kappa shape index (κ2) is 17.6. The molecule has 3 heteroatoms. The summed E-state index contributed by atoms with van der Waals surface area (Å²) >= 11 is 0. The molecule has 0 saturated carbocycles. The molecule has 0 saturated heterocycles. The Morgan fingerprint density at radius 2 is 1.52 bits per heavy atom. The maximum Gasteiger partial charge on any atom is 0.128 e. The summed E-state index contributed by atoms with van der Waals surface area (Å²) in [6.45, 7) is 7.66. The van der Waals surface area contributed by atoms with E-state index in [-0.39, 0.29) is 0 Å². The van der Waals surface area contributed by atoms with Crippen molar-refractivity contribution in [3.05, 3.63) is 42.4 Å². The predicted molar refractivity (Wildman–Crippen MR) is 142 cm³/mol. The Bertz CT molecular complexity index is 746. The number of nitrogens with zero attached hydrogens (tertiary/aromatic N) is 2. The highest BCUT2D eigenvalue weighted by atomic mass is 16.5. The first-order valence-corrected chi connectivity index (χ1v) is 13.8. The number of ether oxygens (including phenoxy) is 1. The van der Waals surface area contributed by atoms with Crippen molar-refractivity contribution >= 4 is 0 Å². The van der Waals surface area contributed by atoms with Crippen molar-refractivity contribution < 1.29 is 4.74 Å². The van der Waals surface area contributed by atoms with E-state index in [0.29, 0.717) is 0 Å². The van der Waals surface area contributed by atoms with E-state index in [9.17, 15) is 0 Å². The van der Waals surface area contributed by atoms with Gasteiger partial charge in [-0.3, -0.25) is 0 Å². The lowest BCUT2D eigenvalue weighted by molar-refractivity contribution is 0.301. The molecule has 2 aromatic rings. The van der Waals surface area contributed by atoms with Gasteiger partial charge in [0.2, 0.25) is 0 Å². The molecule has 0 amide bonds. The van der Waals surface area contributed by atoms with Gasteiger partial charge in [0, 0.05) is 11.8 Å². The van der Waals surface area contributed by atoms with Crippen molar-refractivity contribution in [2.45, 2.75) is 117 Å². The van der Waals surface area contributed by atoms with E-state index in [1.807, 2.05) is 6.20 Å². The number of aryl methyl sites for hydroxylation is 1. The lowest BCUT2D eigenvalue weighted by atomic mass is 10.0. The fraction of sp³-hybridized carbons (Fsp3) is 0.667. The number of hydrogen-bond acceptors (Lipinski definition) is 3. The van der Waals surface area contributed by atoms with Crippen LogP contribution in [-0.4, -0.2) is 16.6 Å². The molecule has 0 N–H and O–H groups in total. The Kier molecular flexibility index (Phi) is 14.6. The molecule has 0 spiro atoms. The lowest BCUT2D eigenvalue weighted by Crippen LogP contribution is -2.02. The van der Waals surface area contributed by atoms with Gasteiger partial charge in [-0.1, -0.05) is 104 Å². The minimum atomic E-state index is 0.770. The van der Waals surface area contributed by atoms with Crippen LogP contribution in [0.1, 0.15) is 116 Å². The van der Waals surface area contributed by atoms with Crippen LogP contribution in [0.15, 0.2) is 36.8 Å². The van der Waals surface area contributed by atoms with Gasteiger partial charge in [-0.25, -0.2) is 9.97 Å². The Morgan fingerprint density at radius 1 is 0.818 bits per heavy atom.